The van der Waals surface area contributed by atoms with Crippen LogP contribution >= 0.6 is 11.6 Å². The first-order valence-electron chi connectivity index (χ1n) is 7.54. The fraction of sp³-hybridized carbons (Fsp3) is 0.625. The molecule has 3 nitrogen and oxygen atoms in total. The summed E-state index contributed by atoms with van der Waals surface area (Å²) in [6.45, 7) is 6.71. The van der Waals surface area contributed by atoms with Crippen LogP contribution in [-0.4, -0.2) is 32.5 Å². The van der Waals surface area contributed by atoms with Gasteiger partial charge in [0.1, 0.15) is 9.84 Å². The molecule has 1 aromatic carbocycles. The summed E-state index contributed by atoms with van der Waals surface area (Å²) >= 11 is 6.28. The SMILES string of the molecule is CCS(=O)(=O)CCCC(CNC(C)C)c1ccccc1Cl. The van der Waals surface area contributed by atoms with Crippen molar-refractivity contribution in [3.63, 3.8) is 0 Å². The van der Waals surface area contributed by atoms with Crippen molar-refractivity contribution in [1.29, 1.82) is 0 Å². The predicted octanol–water partition coefficient (Wildman–Crippen LogP) is 3.64. The Hall–Kier alpha value is -0.580. The first kappa shape index (κ1) is 18.5. The number of benzene rings is 1. The fourth-order valence-corrected chi connectivity index (χ4v) is 3.43. The van der Waals surface area contributed by atoms with Gasteiger partial charge in [-0.25, -0.2) is 8.42 Å². The molecule has 0 aliphatic heterocycles. The molecule has 1 rings (SSSR count). The average Bonchev–Trinajstić information content (AvgIpc) is 2.43. The summed E-state index contributed by atoms with van der Waals surface area (Å²) in [6.07, 6.45) is 1.49. The van der Waals surface area contributed by atoms with Crippen LogP contribution in [0.2, 0.25) is 5.02 Å². The lowest BCUT2D eigenvalue weighted by Gasteiger charge is -2.21. The second-order valence-electron chi connectivity index (χ2n) is 5.66. The summed E-state index contributed by atoms with van der Waals surface area (Å²) in [6, 6.07) is 8.22. The van der Waals surface area contributed by atoms with Crippen LogP contribution in [-0.2, 0) is 9.84 Å². The third-order valence-corrected chi connectivity index (χ3v) is 5.70. The first-order chi connectivity index (χ1) is 9.85. The summed E-state index contributed by atoms with van der Waals surface area (Å²) in [5.41, 5.74) is 1.10. The molecule has 0 aliphatic carbocycles. The lowest BCUT2D eigenvalue weighted by atomic mass is 9.94. The zero-order chi connectivity index (χ0) is 15.9. The quantitative estimate of drug-likeness (QED) is 0.751. The molecule has 0 radical (unpaired) electrons. The number of nitrogens with one attached hydrogen (secondary N) is 1. The Kier molecular flexibility index (Phi) is 7.71. The molecule has 0 aliphatic rings. The molecule has 1 aromatic rings. The first-order valence-corrected chi connectivity index (χ1v) is 9.74. The number of halogens is 1. The van der Waals surface area contributed by atoms with Crippen LogP contribution in [0.25, 0.3) is 0 Å². The summed E-state index contributed by atoms with van der Waals surface area (Å²) in [4.78, 5) is 0. The molecule has 0 aromatic heterocycles. The van der Waals surface area contributed by atoms with Gasteiger partial charge in [-0.05, 0) is 30.4 Å². The third-order valence-electron chi connectivity index (χ3n) is 3.57. The van der Waals surface area contributed by atoms with Crippen LogP contribution in [0.5, 0.6) is 0 Å². The molecule has 1 N–H and O–H groups in total. The van der Waals surface area contributed by atoms with Gasteiger partial charge in [0, 0.05) is 23.4 Å². The maximum atomic E-state index is 11.6. The summed E-state index contributed by atoms with van der Waals surface area (Å²) < 4.78 is 23.2. The number of hydrogen-bond acceptors (Lipinski definition) is 3. The normalized spacial score (nSPS) is 13.6. The van der Waals surface area contributed by atoms with E-state index in [2.05, 4.69) is 19.2 Å². The lowest BCUT2D eigenvalue weighted by Crippen LogP contribution is -2.28. The van der Waals surface area contributed by atoms with E-state index < -0.39 is 9.84 Å². The minimum atomic E-state index is -2.89. The Balaban J connectivity index is 2.72. The van der Waals surface area contributed by atoms with Crippen LogP contribution in [0.1, 0.15) is 45.1 Å². The van der Waals surface area contributed by atoms with Crippen LogP contribution in [0.4, 0.5) is 0 Å². The van der Waals surface area contributed by atoms with Gasteiger partial charge in [-0.1, -0.05) is 50.6 Å². The van der Waals surface area contributed by atoms with E-state index in [0.29, 0.717) is 12.5 Å². The molecule has 0 heterocycles. The van der Waals surface area contributed by atoms with Crippen LogP contribution in [0.3, 0.4) is 0 Å². The molecule has 0 saturated carbocycles. The smallest absolute Gasteiger partial charge is 0.150 e. The van der Waals surface area contributed by atoms with Crippen LogP contribution in [0, 0.1) is 0 Å². The Morgan fingerprint density at radius 3 is 2.48 bits per heavy atom. The van der Waals surface area contributed by atoms with Crippen molar-refractivity contribution >= 4 is 21.4 Å². The molecule has 0 fully saturated rings. The molecule has 21 heavy (non-hydrogen) atoms. The van der Waals surface area contributed by atoms with Crippen molar-refractivity contribution in [3.05, 3.63) is 34.9 Å². The van der Waals surface area contributed by atoms with Gasteiger partial charge < -0.3 is 5.32 Å². The molecule has 120 valence electrons. The predicted molar refractivity (Wildman–Crippen MR) is 90.9 cm³/mol. The van der Waals surface area contributed by atoms with E-state index in [-0.39, 0.29) is 17.4 Å². The van der Waals surface area contributed by atoms with E-state index in [4.69, 9.17) is 11.6 Å². The number of hydrogen-bond donors (Lipinski definition) is 1. The van der Waals surface area contributed by atoms with Gasteiger partial charge in [-0.2, -0.15) is 0 Å². The van der Waals surface area contributed by atoms with E-state index in [1.807, 2.05) is 24.3 Å². The third kappa shape index (κ3) is 6.81. The Morgan fingerprint density at radius 1 is 1.24 bits per heavy atom. The molecule has 0 saturated heterocycles. The number of rotatable bonds is 9. The zero-order valence-electron chi connectivity index (χ0n) is 13.1. The van der Waals surface area contributed by atoms with Gasteiger partial charge >= 0.3 is 0 Å². The van der Waals surface area contributed by atoms with E-state index >= 15 is 0 Å². The van der Waals surface area contributed by atoms with E-state index in [1.54, 1.807) is 6.92 Å². The minimum Gasteiger partial charge on any atom is -0.314 e. The molecule has 0 amide bonds. The minimum absolute atomic E-state index is 0.216. The largest absolute Gasteiger partial charge is 0.314 e. The van der Waals surface area contributed by atoms with E-state index in [9.17, 15) is 8.42 Å². The second-order valence-corrected chi connectivity index (χ2v) is 8.54. The second kappa shape index (κ2) is 8.76. The lowest BCUT2D eigenvalue weighted by molar-refractivity contribution is 0.503. The highest BCUT2D eigenvalue weighted by molar-refractivity contribution is 7.91. The molecular weight excluding hydrogens is 306 g/mol. The van der Waals surface area contributed by atoms with Gasteiger partial charge in [-0.15, -0.1) is 0 Å². The topological polar surface area (TPSA) is 46.2 Å². The van der Waals surface area contributed by atoms with E-state index in [1.165, 1.54) is 0 Å². The number of sulfone groups is 1. The molecular formula is C16H26ClNO2S. The van der Waals surface area contributed by atoms with Crippen molar-refractivity contribution in [3.8, 4) is 0 Å². The Labute approximate surface area is 134 Å². The van der Waals surface area contributed by atoms with Gasteiger partial charge in [0.2, 0.25) is 0 Å². The van der Waals surface area contributed by atoms with Gasteiger partial charge in [0.05, 0.1) is 5.75 Å². The van der Waals surface area contributed by atoms with Gasteiger partial charge in [0.25, 0.3) is 0 Å². The van der Waals surface area contributed by atoms with Gasteiger partial charge in [-0.3, -0.25) is 0 Å². The highest BCUT2D eigenvalue weighted by Gasteiger charge is 2.16. The Bertz CT molecular complexity index is 529. The Morgan fingerprint density at radius 2 is 1.90 bits per heavy atom. The van der Waals surface area contributed by atoms with Crippen molar-refractivity contribution in [2.75, 3.05) is 18.1 Å². The monoisotopic (exact) mass is 331 g/mol. The van der Waals surface area contributed by atoms with Crippen molar-refractivity contribution < 1.29 is 8.42 Å². The summed E-state index contributed by atoms with van der Waals surface area (Å²) in [5, 5.41) is 4.18. The van der Waals surface area contributed by atoms with Crippen molar-refractivity contribution in [1.82, 2.24) is 5.32 Å². The molecule has 5 heteroatoms. The highest BCUT2D eigenvalue weighted by atomic mass is 35.5. The standard InChI is InChI=1S/C16H26ClNO2S/c1-4-21(19,20)11-7-8-14(12-18-13(2)3)15-9-5-6-10-16(15)17/h5-6,9-10,13-14,18H,4,7-8,11-12H2,1-3H3. The molecule has 0 bridgehead atoms. The van der Waals surface area contributed by atoms with Crippen LogP contribution < -0.4 is 5.32 Å². The summed E-state index contributed by atoms with van der Waals surface area (Å²) in [7, 11) is -2.89. The highest BCUT2D eigenvalue weighted by Crippen LogP contribution is 2.28. The van der Waals surface area contributed by atoms with Crippen molar-refractivity contribution in [2.45, 2.75) is 45.6 Å². The maximum absolute atomic E-state index is 11.6. The molecule has 0 spiro atoms. The van der Waals surface area contributed by atoms with Crippen LogP contribution in [0.15, 0.2) is 24.3 Å². The fourth-order valence-electron chi connectivity index (χ4n) is 2.25. The molecule has 1 atom stereocenters. The average molecular weight is 332 g/mol. The van der Waals surface area contributed by atoms with Crippen molar-refractivity contribution in [2.24, 2.45) is 0 Å². The molecule has 1 unspecified atom stereocenters. The maximum Gasteiger partial charge on any atom is 0.150 e. The zero-order valence-corrected chi connectivity index (χ0v) is 14.7. The van der Waals surface area contributed by atoms with E-state index in [0.717, 1.165) is 23.6 Å². The summed E-state index contributed by atoms with van der Waals surface area (Å²) in [5.74, 6) is 0.716. The van der Waals surface area contributed by atoms with Gasteiger partial charge in [0.15, 0.2) is 0 Å².